The maximum Gasteiger partial charge on any atom is 0.246 e. The smallest absolute Gasteiger partial charge is 0.246 e. The van der Waals surface area contributed by atoms with Crippen LogP contribution in [0.2, 0.25) is 5.02 Å². The van der Waals surface area contributed by atoms with Crippen LogP contribution in [0.5, 0.6) is 0 Å². The Morgan fingerprint density at radius 1 is 1.11 bits per heavy atom. The standard InChI is InChI=1S/C20H21ClN4O2/c21-15-7-5-14(6-8-15)20-23-19(27-24-20)13-22-17-3-1-2-4-18(17)25-11-9-16(26)10-12-25/h1-8,16,22,26H,9-13H2. The third-order valence-corrected chi connectivity index (χ3v) is 4.96. The molecule has 1 aromatic heterocycles. The van der Waals surface area contributed by atoms with Gasteiger partial charge in [0.15, 0.2) is 0 Å². The Morgan fingerprint density at radius 3 is 2.63 bits per heavy atom. The minimum atomic E-state index is -0.189. The summed E-state index contributed by atoms with van der Waals surface area (Å²) < 4.78 is 5.37. The molecule has 1 aliphatic rings. The van der Waals surface area contributed by atoms with Gasteiger partial charge < -0.3 is 19.8 Å². The normalized spacial score (nSPS) is 15.1. The maximum atomic E-state index is 9.73. The van der Waals surface area contributed by atoms with Crippen molar-refractivity contribution >= 4 is 23.0 Å². The molecule has 0 amide bonds. The van der Waals surface area contributed by atoms with Crippen LogP contribution in [0.3, 0.4) is 0 Å². The molecule has 4 rings (SSSR count). The first-order valence-electron chi connectivity index (χ1n) is 9.03. The van der Waals surface area contributed by atoms with Crippen molar-refractivity contribution in [1.82, 2.24) is 10.1 Å². The molecular weight excluding hydrogens is 364 g/mol. The van der Waals surface area contributed by atoms with Gasteiger partial charge in [-0.1, -0.05) is 28.9 Å². The predicted molar refractivity (Wildman–Crippen MR) is 106 cm³/mol. The van der Waals surface area contributed by atoms with E-state index in [1.165, 1.54) is 0 Å². The second kappa shape index (κ2) is 7.98. The van der Waals surface area contributed by atoms with Gasteiger partial charge in [0.2, 0.25) is 11.7 Å². The molecule has 0 unspecified atom stereocenters. The molecule has 27 heavy (non-hydrogen) atoms. The van der Waals surface area contributed by atoms with Crippen LogP contribution in [0.25, 0.3) is 11.4 Å². The summed E-state index contributed by atoms with van der Waals surface area (Å²) >= 11 is 5.92. The number of halogens is 1. The van der Waals surface area contributed by atoms with Crippen LogP contribution in [0.4, 0.5) is 11.4 Å². The average Bonchev–Trinajstić information content (AvgIpc) is 3.17. The van der Waals surface area contributed by atoms with Crippen molar-refractivity contribution in [3.05, 3.63) is 59.4 Å². The molecule has 2 N–H and O–H groups in total. The molecule has 0 spiro atoms. The van der Waals surface area contributed by atoms with Crippen molar-refractivity contribution in [2.75, 3.05) is 23.3 Å². The van der Waals surface area contributed by atoms with Crippen LogP contribution in [-0.2, 0) is 6.54 Å². The van der Waals surface area contributed by atoms with Crippen LogP contribution in [0, 0.1) is 0 Å². The molecular formula is C20H21ClN4O2. The molecule has 1 aliphatic heterocycles. The van der Waals surface area contributed by atoms with Crippen molar-refractivity contribution in [1.29, 1.82) is 0 Å². The number of aliphatic hydroxyl groups excluding tert-OH is 1. The summed E-state index contributed by atoms with van der Waals surface area (Å²) in [4.78, 5) is 6.74. The van der Waals surface area contributed by atoms with E-state index in [4.69, 9.17) is 16.1 Å². The number of piperidine rings is 1. The number of benzene rings is 2. The van der Waals surface area contributed by atoms with Gasteiger partial charge in [0.25, 0.3) is 0 Å². The molecule has 2 aromatic carbocycles. The van der Waals surface area contributed by atoms with E-state index in [0.717, 1.165) is 42.9 Å². The summed E-state index contributed by atoms with van der Waals surface area (Å²) in [7, 11) is 0. The van der Waals surface area contributed by atoms with Crippen LogP contribution in [0.1, 0.15) is 18.7 Å². The highest BCUT2D eigenvalue weighted by Crippen LogP contribution is 2.29. The fraction of sp³-hybridized carbons (Fsp3) is 0.300. The first kappa shape index (κ1) is 17.8. The Bertz CT molecular complexity index is 889. The Kier molecular flexibility index (Phi) is 5.27. The Labute approximate surface area is 162 Å². The number of nitrogens with one attached hydrogen (secondary N) is 1. The highest BCUT2D eigenvalue weighted by atomic mass is 35.5. The number of anilines is 2. The molecule has 6 nitrogen and oxygen atoms in total. The highest BCUT2D eigenvalue weighted by molar-refractivity contribution is 6.30. The van der Waals surface area contributed by atoms with Crippen molar-refractivity contribution in [3.63, 3.8) is 0 Å². The number of hydrogen-bond acceptors (Lipinski definition) is 6. The zero-order valence-electron chi connectivity index (χ0n) is 14.8. The lowest BCUT2D eigenvalue weighted by molar-refractivity contribution is 0.145. The predicted octanol–water partition coefficient (Wildman–Crippen LogP) is 3.96. The molecule has 0 saturated carbocycles. The Hall–Kier alpha value is -2.57. The molecule has 0 atom stereocenters. The van der Waals surface area contributed by atoms with E-state index in [1.807, 2.05) is 30.3 Å². The first-order chi connectivity index (χ1) is 13.2. The van der Waals surface area contributed by atoms with Gasteiger partial charge in [-0.3, -0.25) is 0 Å². The molecule has 7 heteroatoms. The van der Waals surface area contributed by atoms with E-state index >= 15 is 0 Å². The van der Waals surface area contributed by atoms with Gasteiger partial charge in [-0.15, -0.1) is 0 Å². The second-order valence-electron chi connectivity index (χ2n) is 6.61. The van der Waals surface area contributed by atoms with Crippen LogP contribution in [-0.4, -0.2) is 34.4 Å². The number of hydrogen-bond donors (Lipinski definition) is 2. The highest BCUT2D eigenvalue weighted by Gasteiger charge is 2.19. The monoisotopic (exact) mass is 384 g/mol. The Balaban J connectivity index is 1.44. The zero-order valence-corrected chi connectivity index (χ0v) is 15.6. The lowest BCUT2D eigenvalue weighted by atomic mass is 10.1. The summed E-state index contributed by atoms with van der Waals surface area (Å²) in [6, 6.07) is 15.5. The van der Waals surface area contributed by atoms with Crippen LogP contribution < -0.4 is 10.2 Å². The largest absolute Gasteiger partial charge is 0.393 e. The van der Waals surface area contributed by atoms with Crippen molar-refractivity contribution in [2.45, 2.75) is 25.5 Å². The van der Waals surface area contributed by atoms with Gasteiger partial charge >= 0.3 is 0 Å². The minimum Gasteiger partial charge on any atom is -0.393 e. The van der Waals surface area contributed by atoms with Gasteiger partial charge in [-0.25, -0.2) is 0 Å². The van der Waals surface area contributed by atoms with E-state index in [0.29, 0.717) is 23.3 Å². The second-order valence-corrected chi connectivity index (χ2v) is 7.04. The van der Waals surface area contributed by atoms with Crippen molar-refractivity contribution in [2.24, 2.45) is 0 Å². The van der Waals surface area contributed by atoms with E-state index in [2.05, 4.69) is 26.4 Å². The molecule has 140 valence electrons. The summed E-state index contributed by atoms with van der Waals surface area (Å²) in [5.41, 5.74) is 3.00. The Morgan fingerprint density at radius 2 is 1.85 bits per heavy atom. The molecule has 1 fully saturated rings. The molecule has 3 aromatic rings. The molecule has 2 heterocycles. The van der Waals surface area contributed by atoms with Crippen molar-refractivity contribution in [3.8, 4) is 11.4 Å². The van der Waals surface area contributed by atoms with Crippen LogP contribution >= 0.6 is 11.6 Å². The average molecular weight is 385 g/mol. The van der Waals surface area contributed by atoms with E-state index < -0.39 is 0 Å². The third kappa shape index (κ3) is 4.23. The number of aliphatic hydroxyl groups is 1. The lowest BCUT2D eigenvalue weighted by Crippen LogP contribution is -2.36. The topological polar surface area (TPSA) is 74.4 Å². The SMILES string of the molecule is OC1CCN(c2ccccc2NCc2nc(-c3ccc(Cl)cc3)no2)CC1. The van der Waals surface area contributed by atoms with Gasteiger partial charge in [-0.05, 0) is 49.2 Å². The summed E-state index contributed by atoms with van der Waals surface area (Å²) in [5.74, 6) is 1.06. The molecule has 0 radical (unpaired) electrons. The molecule has 0 bridgehead atoms. The first-order valence-corrected chi connectivity index (χ1v) is 9.41. The lowest BCUT2D eigenvalue weighted by Gasteiger charge is -2.32. The van der Waals surface area contributed by atoms with Crippen molar-refractivity contribution < 1.29 is 9.63 Å². The maximum absolute atomic E-state index is 9.73. The number of nitrogens with zero attached hydrogens (tertiary/aromatic N) is 3. The van der Waals surface area contributed by atoms with Gasteiger partial charge in [-0.2, -0.15) is 4.98 Å². The van der Waals surface area contributed by atoms with Crippen LogP contribution in [0.15, 0.2) is 53.1 Å². The van der Waals surface area contributed by atoms with E-state index in [1.54, 1.807) is 12.1 Å². The fourth-order valence-electron chi connectivity index (χ4n) is 3.22. The minimum absolute atomic E-state index is 0.189. The number of rotatable bonds is 5. The van der Waals surface area contributed by atoms with Gasteiger partial charge in [0.05, 0.1) is 24.0 Å². The fourth-order valence-corrected chi connectivity index (χ4v) is 3.35. The number of para-hydroxylation sites is 2. The van der Waals surface area contributed by atoms with Gasteiger partial charge in [0.1, 0.15) is 0 Å². The third-order valence-electron chi connectivity index (χ3n) is 4.71. The number of aromatic nitrogens is 2. The molecule has 1 saturated heterocycles. The van der Waals surface area contributed by atoms with E-state index in [9.17, 15) is 5.11 Å². The van der Waals surface area contributed by atoms with Gasteiger partial charge in [0, 0.05) is 23.7 Å². The summed E-state index contributed by atoms with van der Waals surface area (Å²) in [5, 5.41) is 17.8. The zero-order chi connectivity index (χ0) is 18.6. The molecule has 0 aliphatic carbocycles. The quantitative estimate of drug-likeness (QED) is 0.693. The summed E-state index contributed by atoms with van der Waals surface area (Å²) in [6.45, 7) is 2.14. The summed E-state index contributed by atoms with van der Waals surface area (Å²) in [6.07, 6.45) is 1.40. The van der Waals surface area contributed by atoms with E-state index in [-0.39, 0.29) is 6.10 Å².